The lowest BCUT2D eigenvalue weighted by Crippen LogP contribution is -2.49. The molecule has 0 amide bonds. The molecule has 0 bridgehead atoms. The summed E-state index contributed by atoms with van der Waals surface area (Å²) in [7, 11) is 0. The van der Waals surface area contributed by atoms with E-state index in [0.717, 1.165) is 11.8 Å². The van der Waals surface area contributed by atoms with Gasteiger partial charge in [-0.25, -0.2) is 4.79 Å². The van der Waals surface area contributed by atoms with E-state index < -0.39 is 23.4 Å². The van der Waals surface area contributed by atoms with Crippen LogP contribution in [0.5, 0.6) is 5.75 Å². The summed E-state index contributed by atoms with van der Waals surface area (Å²) >= 11 is 0. The fourth-order valence-corrected chi connectivity index (χ4v) is 3.73. The van der Waals surface area contributed by atoms with Crippen LogP contribution in [0, 0.1) is 0 Å². The van der Waals surface area contributed by atoms with Crippen LogP contribution in [-0.2, 0) is 37.4 Å². The van der Waals surface area contributed by atoms with Gasteiger partial charge < -0.3 is 18.9 Å². The molecule has 184 valence electrons. The molecule has 1 saturated heterocycles. The number of alkyl halides is 3. The Kier molecular flexibility index (Phi) is 7.37. The molecule has 0 unspecified atom stereocenters. The molecule has 0 N–H and O–H groups in total. The Morgan fingerprint density at radius 3 is 2.51 bits per heavy atom. The fourth-order valence-electron chi connectivity index (χ4n) is 3.73. The number of nitrogens with zero attached hydrogens (tertiary/aromatic N) is 1. The van der Waals surface area contributed by atoms with Gasteiger partial charge in [-0.2, -0.15) is 13.2 Å². The number of hydrogen-bond acceptors (Lipinski definition) is 6. The van der Waals surface area contributed by atoms with Crippen LogP contribution in [0.15, 0.2) is 66.9 Å². The second kappa shape index (κ2) is 10.5. The highest BCUT2D eigenvalue weighted by atomic mass is 19.4. The average molecular weight is 487 g/mol. The van der Waals surface area contributed by atoms with Crippen molar-refractivity contribution in [2.45, 2.75) is 25.3 Å². The van der Waals surface area contributed by atoms with Crippen molar-refractivity contribution in [3.05, 3.63) is 83.7 Å². The summed E-state index contributed by atoms with van der Waals surface area (Å²) in [6.07, 6.45) is -3.42. The number of halogens is 3. The van der Waals surface area contributed by atoms with E-state index in [1.807, 2.05) is 12.1 Å². The number of carbonyl (C=O) groups excluding carboxylic acids is 1. The molecule has 35 heavy (non-hydrogen) atoms. The highest BCUT2D eigenvalue weighted by Crippen LogP contribution is 2.36. The average Bonchev–Trinajstić information content (AvgIpc) is 2.83. The van der Waals surface area contributed by atoms with E-state index in [2.05, 4.69) is 4.98 Å². The molecular formula is C26H24F3NO5. The van der Waals surface area contributed by atoms with Crippen LogP contribution >= 0.6 is 0 Å². The first kappa shape index (κ1) is 24.7. The number of benzene rings is 2. The minimum absolute atomic E-state index is 0.0158. The molecular weight excluding hydrogens is 463 g/mol. The van der Waals surface area contributed by atoms with Gasteiger partial charge in [-0.3, -0.25) is 4.98 Å². The van der Waals surface area contributed by atoms with Crippen LogP contribution < -0.4 is 4.74 Å². The van der Waals surface area contributed by atoms with Crippen molar-refractivity contribution in [2.75, 3.05) is 26.4 Å². The lowest BCUT2D eigenvalue weighted by Gasteiger charge is -2.41. The van der Waals surface area contributed by atoms with E-state index in [0.29, 0.717) is 30.1 Å². The van der Waals surface area contributed by atoms with Gasteiger partial charge >= 0.3 is 12.1 Å². The first-order chi connectivity index (χ1) is 16.8. The summed E-state index contributed by atoms with van der Waals surface area (Å²) in [6.45, 7) is 2.67. The quantitative estimate of drug-likeness (QED) is 0.389. The number of esters is 1. The van der Waals surface area contributed by atoms with Crippen LogP contribution in [0.3, 0.4) is 0 Å². The third kappa shape index (κ3) is 5.80. The van der Waals surface area contributed by atoms with E-state index in [1.165, 1.54) is 12.1 Å². The third-order valence-electron chi connectivity index (χ3n) is 5.54. The van der Waals surface area contributed by atoms with Crippen LogP contribution in [0.25, 0.3) is 11.1 Å². The molecule has 6 nitrogen and oxygen atoms in total. The SMILES string of the molecule is CCOC(=O)COC1(c2ccc(OCc3cccc(-c4cccnc4C(F)(F)F)c3)cc2)COC1. The van der Waals surface area contributed by atoms with Gasteiger partial charge in [-0.05, 0) is 47.9 Å². The summed E-state index contributed by atoms with van der Waals surface area (Å²) in [6, 6.07) is 16.8. The Morgan fingerprint density at radius 2 is 1.86 bits per heavy atom. The van der Waals surface area contributed by atoms with Gasteiger partial charge in [0.25, 0.3) is 0 Å². The summed E-state index contributed by atoms with van der Waals surface area (Å²) in [5.74, 6) is 0.145. The van der Waals surface area contributed by atoms with Gasteiger partial charge in [0.15, 0.2) is 5.69 Å². The Balaban J connectivity index is 1.42. The fraction of sp³-hybridized carbons (Fsp3) is 0.308. The highest BCUT2D eigenvalue weighted by Gasteiger charge is 2.42. The largest absolute Gasteiger partial charge is 0.489 e. The molecule has 0 saturated carbocycles. The molecule has 9 heteroatoms. The normalized spacial score (nSPS) is 14.7. The molecule has 1 aliphatic heterocycles. The molecule has 0 radical (unpaired) electrons. The number of ether oxygens (including phenoxy) is 4. The standard InChI is InChI=1S/C26H24F3NO5/c1-2-33-23(31)15-35-25(16-32-17-25)20-8-10-21(11-9-20)34-14-18-5-3-6-19(13-18)22-7-4-12-30-24(22)26(27,28)29/h3-13H,2,14-17H2,1H3. The van der Waals surface area contributed by atoms with Crippen molar-refractivity contribution in [3.63, 3.8) is 0 Å². The van der Waals surface area contributed by atoms with E-state index >= 15 is 0 Å². The van der Waals surface area contributed by atoms with E-state index in [-0.39, 0.29) is 25.4 Å². The third-order valence-corrected chi connectivity index (χ3v) is 5.54. The van der Waals surface area contributed by atoms with Gasteiger partial charge in [-0.15, -0.1) is 0 Å². The molecule has 4 rings (SSSR count). The number of hydrogen-bond donors (Lipinski definition) is 0. The Hall–Kier alpha value is -3.43. The van der Waals surface area contributed by atoms with Gasteiger partial charge in [0, 0.05) is 11.8 Å². The molecule has 0 aliphatic carbocycles. The smallest absolute Gasteiger partial charge is 0.433 e. The molecule has 1 aromatic heterocycles. The molecule has 2 aromatic carbocycles. The van der Waals surface area contributed by atoms with Crippen LogP contribution in [0.1, 0.15) is 23.7 Å². The van der Waals surface area contributed by atoms with Crippen molar-refractivity contribution in [3.8, 4) is 16.9 Å². The topological polar surface area (TPSA) is 66.9 Å². The predicted octanol–water partition coefficient (Wildman–Crippen LogP) is 5.15. The minimum atomic E-state index is -4.55. The van der Waals surface area contributed by atoms with Crippen molar-refractivity contribution >= 4 is 5.97 Å². The van der Waals surface area contributed by atoms with E-state index in [9.17, 15) is 18.0 Å². The molecule has 0 atom stereocenters. The van der Waals surface area contributed by atoms with Crippen molar-refractivity contribution in [2.24, 2.45) is 0 Å². The van der Waals surface area contributed by atoms with Crippen molar-refractivity contribution < 1.29 is 36.9 Å². The van der Waals surface area contributed by atoms with E-state index in [4.69, 9.17) is 18.9 Å². The first-order valence-corrected chi connectivity index (χ1v) is 11.0. The second-order valence-electron chi connectivity index (χ2n) is 7.99. The molecule has 3 aromatic rings. The predicted molar refractivity (Wildman–Crippen MR) is 121 cm³/mol. The Morgan fingerprint density at radius 1 is 1.09 bits per heavy atom. The maximum absolute atomic E-state index is 13.3. The van der Waals surface area contributed by atoms with Crippen LogP contribution in [0.2, 0.25) is 0 Å². The molecule has 1 fully saturated rings. The van der Waals surface area contributed by atoms with Gasteiger partial charge in [0.1, 0.15) is 24.6 Å². The van der Waals surface area contributed by atoms with Crippen molar-refractivity contribution in [1.82, 2.24) is 4.98 Å². The zero-order valence-corrected chi connectivity index (χ0v) is 19.0. The summed E-state index contributed by atoms with van der Waals surface area (Å²) < 4.78 is 61.9. The number of pyridine rings is 1. The Labute approximate surface area is 200 Å². The second-order valence-corrected chi connectivity index (χ2v) is 7.99. The number of aromatic nitrogens is 1. The van der Waals surface area contributed by atoms with Crippen LogP contribution in [-0.4, -0.2) is 37.4 Å². The Bertz CT molecular complexity index is 1160. The molecule has 2 heterocycles. The van der Waals surface area contributed by atoms with Gasteiger partial charge in [0.2, 0.25) is 0 Å². The van der Waals surface area contributed by atoms with E-state index in [1.54, 1.807) is 43.3 Å². The summed E-state index contributed by atoms with van der Waals surface area (Å²) in [4.78, 5) is 15.2. The zero-order valence-electron chi connectivity index (χ0n) is 19.0. The maximum atomic E-state index is 13.3. The van der Waals surface area contributed by atoms with Crippen LogP contribution in [0.4, 0.5) is 13.2 Å². The lowest BCUT2D eigenvalue weighted by atomic mass is 9.91. The first-order valence-electron chi connectivity index (χ1n) is 11.0. The zero-order chi connectivity index (χ0) is 24.9. The summed E-state index contributed by atoms with van der Waals surface area (Å²) in [5.41, 5.74) is 0.352. The molecule has 0 spiro atoms. The highest BCUT2D eigenvalue weighted by molar-refractivity contribution is 5.70. The van der Waals surface area contributed by atoms with Crippen molar-refractivity contribution in [1.29, 1.82) is 0 Å². The minimum Gasteiger partial charge on any atom is -0.489 e. The monoisotopic (exact) mass is 487 g/mol. The van der Waals surface area contributed by atoms with Gasteiger partial charge in [0.05, 0.1) is 19.8 Å². The lowest BCUT2D eigenvalue weighted by molar-refractivity contribution is -0.221. The molecule has 1 aliphatic rings. The maximum Gasteiger partial charge on any atom is 0.433 e. The summed E-state index contributed by atoms with van der Waals surface area (Å²) in [5, 5.41) is 0. The number of carbonyl (C=O) groups is 1. The number of rotatable bonds is 9. The van der Waals surface area contributed by atoms with Gasteiger partial charge in [-0.1, -0.05) is 36.4 Å².